The monoisotopic (exact) mass is 427 g/mol. The van der Waals surface area contributed by atoms with Crippen molar-refractivity contribution in [2.24, 2.45) is 0 Å². The molecule has 0 heterocycles. The van der Waals surface area contributed by atoms with Gasteiger partial charge >= 0.3 is 12.1 Å². The van der Waals surface area contributed by atoms with Gasteiger partial charge in [0.1, 0.15) is 11.6 Å². The molecule has 2 N–H and O–H groups in total. The highest BCUT2D eigenvalue weighted by Gasteiger charge is 2.32. The van der Waals surface area contributed by atoms with Crippen molar-refractivity contribution < 1.29 is 37.0 Å². The minimum Gasteiger partial charge on any atom is -0.481 e. The van der Waals surface area contributed by atoms with Crippen molar-refractivity contribution in [1.82, 2.24) is 5.32 Å². The van der Waals surface area contributed by atoms with Gasteiger partial charge in [0.05, 0.1) is 5.56 Å². The standard InChI is InChI=1S/C21H21F4NO4/c1-20(2,30-17-5-3-4-13(10-17)6-7-18(27)28)19(29)26-12-14-8-15(21(23,24)25)11-16(22)9-14/h3-5,8-11H,6-7,12H2,1-2H3,(H,26,29)(H,27,28). The smallest absolute Gasteiger partial charge is 0.416 e. The molecule has 0 bridgehead atoms. The van der Waals surface area contributed by atoms with E-state index in [1.807, 2.05) is 0 Å². The molecular formula is C21H21F4NO4. The molecule has 0 aromatic heterocycles. The minimum atomic E-state index is -4.70. The fraction of sp³-hybridized carbons (Fsp3) is 0.333. The van der Waals surface area contributed by atoms with Crippen LogP contribution < -0.4 is 10.1 Å². The van der Waals surface area contributed by atoms with Crippen LogP contribution in [0.15, 0.2) is 42.5 Å². The molecule has 0 aliphatic carbocycles. The van der Waals surface area contributed by atoms with Crippen LogP contribution in [-0.2, 0) is 28.7 Å². The van der Waals surface area contributed by atoms with E-state index in [2.05, 4.69) is 5.32 Å². The lowest BCUT2D eigenvalue weighted by molar-refractivity contribution is -0.138. The Kier molecular flexibility index (Phi) is 7.07. The van der Waals surface area contributed by atoms with E-state index in [1.165, 1.54) is 13.8 Å². The molecule has 2 aromatic rings. The van der Waals surface area contributed by atoms with Crippen LogP contribution >= 0.6 is 0 Å². The highest BCUT2D eigenvalue weighted by Crippen LogP contribution is 2.30. The van der Waals surface area contributed by atoms with Crippen molar-refractivity contribution >= 4 is 11.9 Å². The van der Waals surface area contributed by atoms with Crippen molar-refractivity contribution in [3.8, 4) is 5.75 Å². The van der Waals surface area contributed by atoms with Gasteiger partial charge in [-0.1, -0.05) is 12.1 Å². The van der Waals surface area contributed by atoms with Crippen LogP contribution in [0.1, 0.15) is 37.0 Å². The molecule has 5 nitrogen and oxygen atoms in total. The molecule has 0 aliphatic rings. The Hall–Kier alpha value is -3.10. The van der Waals surface area contributed by atoms with E-state index in [4.69, 9.17) is 9.84 Å². The highest BCUT2D eigenvalue weighted by atomic mass is 19.4. The molecule has 0 spiro atoms. The second kappa shape index (κ2) is 9.15. The van der Waals surface area contributed by atoms with Gasteiger partial charge in [-0.05, 0) is 61.7 Å². The first-order valence-corrected chi connectivity index (χ1v) is 9.01. The van der Waals surface area contributed by atoms with Gasteiger partial charge in [-0.25, -0.2) is 4.39 Å². The fourth-order valence-electron chi connectivity index (χ4n) is 2.67. The molecule has 30 heavy (non-hydrogen) atoms. The Bertz CT molecular complexity index is 925. The van der Waals surface area contributed by atoms with Crippen LogP contribution in [0, 0.1) is 5.82 Å². The number of carbonyl (C=O) groups excluding carboxylic acids is 1. The van der Waals surface area contributed by atoms with E-state index in [0.29, 0.717) is 23.8 Å². The Morgan fingerprint density at radius 1 is 1.07 bits per heavy atom. The summed E-state index contributed by atoms with van der Waals surface area (Å²) in [6.07, 6.45) is -4.46. The first-order chi connectivity index (χ1) is 13.9. The second-order valence-corrected chi connectivity index (χ2v) is 7.18. The molecule has 162 valence electrons. The largest absolute Gasteiger partial charge is 0.481 e. The number of nitrogens with one attached hydrogen (secondary N) is 1. The normalized spacial score (nSPS) is 11.8. The van der Waals surface area contributed by atoms with Gasteiger partial charge in [0.15, 0.2) is 5.60 Å². The number of carboxylic acid groups (broad SMARTS) is 1. The summed E-state index contributed by atoms with van der Waals surface area (Å²) < 4.78 is 57.6. The topological polar surface area (TPSA) is 75.6 Å². The molecular weight excluding hydrogens is 406 g/mol. The van der Waals surface area contributed by atoms with Gasteiger partial charge in [-0.2, -0.15) is 13.2 Å². The molecule has 0 atom stereocenters. The summed E-state index contributed by atoms with van der Waals surface area (Å²) in [5, 5.41) is 11.2. The third kappa shape index (κ3) is 6.75. The number of hydrogen-bond acceptors (Lipinski definition) is 3. The van der Waals surface area contributed by atoms with Crippen LogP contribution in [0.3, 0.4) is 0 Å². The number of carbonyl (C=O) groups is 2. The van der Waals surface area contributed by atoms with E-state index in [0.717, 1.165) is 12.1 Å². The number of halogens is 4. The maximum atomic E-state index is 13.5. The fourth-order valence-corrected chi connectivity index (χ4v) is 2.67. The van der Waals surface area contributed by atoms with E-state index in [1.54, 1.807) is 24.3 Å². The van der Waals surface area contributed by atoms with E-state index >= 15 is 0 Å². The number of alkyl halides is 3. The molecule has 1 amide bonds. The molecule has 0 saturated carbocycles. The predicted molar refractivity (Wildman–Crippen MR) is 100 cm³/mol. The van der Waals surface area contributed by atoms with Crippen LogP contribution in [0.5, 0.6) is 5.75 Å². The molecule has 0 saturated heterocycles. The van der Waals surface area contributed by atoms with Crippen LogP contribution in [0.25, 0.3) is 0 Å². The van der Waals surface area contributed by atoms with Gasteiger partial charge in [0.25, 0.3) is 5.91 Å². The minimum absolute atomic E-state index is 0.0397. The third-order valence-corrected chi connectivity index (χ3v) is 4.18. The molecule has 0 fully saturated rings. The van der Waals surface area contributed by atoms with Gasteiger partial charge < -0.3 is 15.2 Å². The lowest BCUT2D eigenvalue weighted by Gasteiger charge is -2.25. The highest BCUT2D eigenvalue weighted by molar-refractivity contribution is 5.84. The van der Waals surface area contributed by atoms with Gasteiger partial charge in [-0.15, -0.1) is 0 Å². The molecule has 0 unspecified atom stereocenters. The zero-order valence-corrected chi connectivity index (χ0v) is 16.3. The molecule has 2 aromatic carbocycles. The Labute approximate surface area is 170 Å². The summed E-state index contributed by atoms with van der Waals surface area (Å²) in [6.45, 7) is 2.63. The Morgan fingerprint density at radius 2 is 1.77 bits per heavy atom. The zero-order valence-electron chi connectivity index (χ0n) is 16.3. The Morgan fingerprint density at radius 3 is 2.40 bits per heavy atom. The van der Waals surface area contributed by atoms with Crippen molar-refractivity contribution in [2.75, 3.05) is 0 Å². The summed E-state index contributed by atoms with van der Waals surface area (Å²) in [5.74, 6) is -2.27. The lowest BCUT2D eigenvalue weighted by atomic mass is 10.1. The van der Waals surface area contributed by atoms with Gasteiger partial charge in [-0.3, -0.25) is 9.59 Å². The van der Waals surface area contributed by atoms with Crippen LogP contribution in [0.2, 0.25) is 0 Å². The van der Waals surface area contributed by atoms with Crippen LogP contribution in [0.4, 0.5) is 17.6 Å². The summed E-state index contributed by atoms with van der Waals surface area (Å²) >= 11 is 0. The maximum Gasteiger partial charge on any atom is 0.416 e. The van der Waals surface area contributed by atoms with E-state index in [-0.39, 0.29) is 18.5 Å². The number of aliphatic carboxylic acids is 1. The first kappa shape index (κ1) is 23.2. The summed E-state index contributed by atoms with van der Waals surface area (Å²) in [5.41, 5.74) is -1.85. The number of carboxylic acids is 1. The average Bonchev–Trinajstić information content (AvgIpc) is 2.63. The molecule has 9 heteroatoms. The third-order valence-electron chi connectivity index (χ3n) is 4.18. The van der Waals surface area contributed by atoms with E-state index < -0.39 is 35.0 Å². The average molecular weight is 427 g/mol. The number of benzene rings is 2. The summed E-state index contributed by atoms with van der Waals surface area (Å²) in [6, 6.07) is 8.66. The number of ether oxygens (including phenoxy) is 1. The number of aryl methyl sites for hydroxylation is 1. The quantitative estimate of drug-likeness (QED) is 0.615. The molecule has 0 aliphatic heterocycles. The number of hydrogen-bond donors (Lipinski definition) is 2. The SMILES string of the molecule is CC(C)(Oc1cccc(CCC(=O)O)c1)C(=O)NCc1cc(F)cc(C(F)(F)F)c1. The summed E-state index contributed by atoms with van der Waals surface area (Å²) in [7, 11) is 0. The molecule has 0 radical (unpaired) electrons. The van der Waals surface area contributed by atoms with Crippen LogP contribution in [-0.4, -0.2) is 22.6 Å². The molecule has 2 rings (SSSR count). The predicted octanol–water partition coefficient (Wildman–Crippen LogP) is 4.34. The lowest BCUT2D eigenvalue weighted by Crippen LogP contribution is -2.46. The second-order valence-electron chi connectivity index (χ2n) is 7.18. The number of rotatable bonds is 8. The van der Waals surface area contributed by atoms with Gasteiger partial charge in [0, 0.05) is 13.0 Å². The zero-order chi connectivity index (χ0) is 22.5. The van der Waals surface area contributed by atoms with Gasteiger partial charge in [0.2, 0.25) is 0 Å². The maximum absolute atomic E-state index is 13.5. The summed E-state index contributed by atoms with van der Waals surface area (Å²) in [4.78, 5) is 23.2. The van der Waals surface area contributed by atoms with Crippen molar-refractivity contribution in [3.05, 3.63) is 65.0 Å². The van der Waals surface area contributed by atoms with E-state index in [9.17, 15) is 27.2 Å². The van der Waals surface area contributed by atoms with Crippen molar-refractivity contribution in [3.63, 3.8) is 0 Å². The number of amides is 1. The first-order valence-electron chi connectivity index (χ1n) is 9.01. The van der Waals surface area contributed by atoms with Crippen molar-refractivity contribution in [2.45, 2.75) is 45.0 Å². The van der Waals surface area contributed by atoms with Crippen molar-refractivity contribution in [1.29, 1.82) is 0 Å². The Balaban J connectivity index is 2.04.